The van der Waals surface area contributed by atoms with Gasteiger partial charge in [-0.05, 0) is 19.5 Å². The highest BCUT2D eigenvalue weighted by Crippen LogP contribution is 2.19. The van der Waals surface area contributed by atoms with Crippen LogP contribution in [0.1, 0.15) is 18.6 Å². The second kappa shape index (κ2) is 5.63. The second-order valence-electron chi connectivity index (χ2n) is 3.98. The Balaban J connectivity index is 2.67. The molecule has 1 amide bonds. The van der Waals surface area contributed by atoms with Crippen molar-refractivity contribution >= 4 is 5.91 Å². The van der Waals surface area contributed by atoms with Gasteiger partial charge in [0, 0.05) is 6.04 Å². The van der Waals surface area contributed by atoms with E-state index in [0.29, 0.717) is 0 Å². The number of amides is 1. The summed E-state index contributed by atoms with van der Waals surface area (Å²) in [4.78, 5) is 12.5. The van der Waals surface area contributed by atoms with E-state index in [9.17, 15) is 9.90 Å². The molecule has 1 aromatic rings. The number of rotatable bonds is 5. The van der Waals surface area contributed by atoms with Crippen molar-refractivity contribution in [3.63, 3.8) is 0 Å². The molecule has 0 bridgehead atoms. The van der Waals surface area contributed by atoms with Gasteiger partial charge in [-0.25, -0.2) is 0 Å². The minimum atomic E-state index is -0.620. The Morgan fingerprint density at radius 1 is 1.44 bits per heavy atom. The summed E-state index contributed by atoms with van der Waals surface area (Å²) in [7, 11) is 1.77. The number of hydrogen-bond donors (Lipinski definition) is 2. The van der Waals surface area contributed by atoms with Gasteiger partial charge in [0.05, 0.1) is 12.6 Å². The number of likely N-dealkylation sites (N-methyl/N-ethyl adjacent to an activating group) is 1. The minimum absolute atomic E-state index is 0.144. The van der Waals surface area contributed by atoms with Gasteiger partial charge in [-0.3, -0.25) is 9.69 Å². The number of carbonyl (C=O) groups is 1. The SMILES string of the molecule is CC(C(O)c1ccccc1)N(C)CC(N)=O. The Kier molecular flexibility index (Phi) is 4.46. The van der Waals surface area contributed by atoms with Gasteiger partial charge >= 0.3 is 0 Å². The molecule has 16 heavy (non-hydrogen) atoms. The first-order valence-electron chi connectivity index (χ1n) is 5.24. The molecular weight excluding hydrogens is 204 g/mol. The fourth-order valence-corrected chi connectivity index (χ4v) is 1.56. The van der Waals surface area contributed by atoms with Crippen molar-refractivity contribution in [3.05, 3.63) is 35.9 Å². The molecule has 4 nitrogen and oxygen atoms in total. The predicted octanol–water partition coefficient (Wildman–Crippen LogP) is 0.526. The third-order valence-corrected chi connectivity index (χ3v) is 2.70. The Labute approximate surface area is 95.7 Å². The second-order valence-corrected chi connectivity index (χ2v) is 3.98. The largest absolute Gasteiger partial charge is 0.387 e. The maximum Gasteiger partial charge on any atom is 0.231 e. The monoisotopic (exact) mass is 222 g/mol. The van der Waals surface area contributed by atoms with Gasteiger partial charge < -0.3 is 10.8 Å². The van der Waals surface area contributed by atoms with Crippen LogP contribution in [-0.4, -0.2) is 35.5 Å². The number of benzene rings is 1. The number of primary amides is 1. The quantitative estimate of drug-likeness (QED) is 0.763. The number of aliphatic hydroxyl groups excluding tert-OH is 1. The topological polar surface area (TPSA) is 66.6 Å². The van der Waals surface area contributed by atoms with Crippen molar-refractivity contribution in [1.29, 1.82) is 0 Å². The normalized spacial score (nSPS) is 14.8. The minimum Gasteiger partial charge on any atom is -0.387 e. The van der Waals surface area contributed by atoms with Crippen molar-refractivity contribution in [2.24, 2.45) is 5.73 Å². The van der Waals surface area contributed by atoms with Crippen LogP contribution in [0.25, 0.3) is 0 Å². The first-order chi connectivity index (χ1) is 7.52. The van der Waals surface area contributed by atoms with Crippen LogP contribution < -0.4 is 5.73 Å². The lowest BCUT2D eigenvalue weighted by atomic mass is 10.0. The van der Waals surface area contributed by atoms with Gasteiger partial charge in [0.25, 0.3) is 0 Å². The van der Waals surface area contributed by atoms with Crippen LogP contribution in [0, 0.1) is 0 Å². The first kappa shape index (κ1) is 12.7. The zero-order valence-electron chi connectivity index (χ0n) is 9.63. The van der Waals surface area contributed by atoms with E-state index in [1.807, 2.05) is 37.3 Å². The van der Waals surface area contributed by atoms with Crippen molar-refractivity contribution in [3.8, 4) is 0 Å². The molecule has 0 heterocycles. The molecule has 1 rings (SSSR count). The summed E-state index contributed by atoms with van der Waals surface area (Å²) in [5.41, 5.74) is 5.95. The van der Waals surface area contributed by atoms with Crippen molar-refractivity contribution in [2.75, 3.05) is 13.6 Å². The van der Waals surface area contributed by atoms with E-state index in [0.717, 1.165) is 5.56 Å². The summed E-state index contributed by atoms with van der Waals surface area (Å²) in [6, 6.07) is 9.21. The lowest BCUT2D eigenvalue weighted by Crippen LogP contribution is -2.40. The average Bonchev–Trinajstić information content (AvgIpc) is 2.27. The maximum absolute atomic E-state index is 10.8. The van der Waals surface area contributed by atoms with Gasteiger partial charge in [0.1, 0.15) is 0 Å². The average molecular weight is 222 g/mol. The molecule has 0 fully saturated rings. The Hall–Kier alpha value is -1.39. The summed E-state index contributed by atoms with van der Waals surface area (Å²) in [6.45, 7) is 2.01. The van der Waals surface area contributed by atoms with E-state index < -0.39 is 12.0 Å². The lowest BCUT2D eigenvalue weighted by Gasteiger charge is -2.28. The third kappa shape index (κ3) is 3.32. The molecule has 0 radical (unpaired) electrons. The van der Waals surface area contributed by atoms with Gasteiger partial charge in [0.15, 0.2) is 0 Å². The van der Waals surface area contributed by atoms with E-state index in [1.54, 1.807) is 11.9 Å². The summed E-state index contributed by atoms with van der Waals surface area (Å²) < 4.78 is 0. The summed E-state index contributed by atoms with van der Waals surface area (Å²) >= 11 is 0. The molecule has 0 saturated heterocycles. The van der Waals surface area contributed by atoms with Gasteiger partial charge in [0.2, 0.25) is 5.91 Å². The maximum atomic E-state index is 10.8. The molecular formula is C12H18N2O2. The van der Waals surface area contributed by atoms with Crippen molar-refractivity contribution in [1.82, 2.24) is 4.90 Å². The molecule has 1 aromatic carbocycles. The van der Waals surface area contributed by atoms with Crippen molar-refractivity contribution in [2.45, 2.75) is 19.1 Å². The summed E-state index contributed by atoms with van der Waals surface area (Å²) in [5, 5.41) is 10.1. The molecule has 88 valence electrons. The van der Waals surface area contributed by atoms with Crippen LogP contribution in [0.3, 0.4) is 0 Å². The van der Waals surface area contributed by atoms with Gasteiger partial charge in [-0.1, -0.05) is 30.3 Å². The van der Waals surface area contributed by atoms with Crippen LogP contribution in [0.15, 0.2) is 30.3 Å². The molecule has 2 unspecified atom stereocenters. The highest BCUT2D eigenvalue weighted by molar-refractivity contribution is 5.75. The van der Waals surface area contributed by atoms with Crippen LogP contribution in [0.5, 0.6) is 0 Å². The van der Waals surface area contributed by atoms with Crippen LogP contribution in [0.4, 0.5) is 0 Å². The summed E-state index contributed by atoms with van der Waals surface area (Å²) in [5.74, 6) is -0.394. The van der Waals surface area contributed by atoms with Gasteiger partial charge in [-0.15, -0.1) is 0 Å². The number of hydrogen-bond acceptors (Lipinski definition) is 3. The van der Waals surface area contributed by atoms with E-state index in [4.69, 9.17) is 5.73 Å². The highest BCUT2D eigenvalue weighted by Gasteiger charge is 2.20. The molecule has 2 atom stereocenters. The molecule has 0 saturated carbocycles. The van der Waals surface area contributed by atoms with Crippen LogP contribution in [0.2, 0.25) is 0 Å². The predicted molar refractivity (Wildman–Crippen MR) is 62.7 cm³/mol. The Morgan fingerprint density at radius 2 is 2.00 bits per heavy atom. The highest BCUT2D eigenvalue weighted by atomic mass is 16.3. The van der Waals surface area contributed by atoms with Crippen LogP contribution >= 0.6 is 0 Å². The number of nitrogens with two attached hydrogens (primary N) is 1. The standard InChI is InChI=1S/C12H18N2O2/c1-9(14(2)8-11(13)15)12(16)10-6-4-3-5-7-10/h3-7,9,12,16H,8H2,1-2H3,(H2,13,15). The van der Waals surface area contributed by atoms with Crippen LogP contribution in [-0.2, 0) is 4.79 Å². The number of aliphatic hydroxyl groups is 1. The molecule has 0 aliphatic heterocycles. The van der Waals surface area contributed by atoms with E-state index in [-0.39, 0.29) is 12.6 Å². The fourth-order valence-electron chi connectivity index (χ4n) is 1.56. The van der Waals surface area contributed by atoms with E-state index in [1.165, 1.54) is 0 Å². The lowest BCUT2D eigenvalue weighted by molar-refractivity contribution is -0.119. The molecule has 0 aromatic heterocycles. The van der Waals surface area contributed by atoms with Gasteiger partial charge in [-0.2, -0.15) is 0 Å². The fraction of sp³-hybridized carbons (Fsp3) is 0.417. The van der Waals surface area contributed by atoms with E-state index >= 15 is 0 Å². The Bertz CT molecular complexity index is 340. The number of nitrogens with zero attached hydrogens (tertiary/aromatic N) is 1. The molecule has 4 heteroatoms. The molecule has 3 N–H and O–H groups in total. The zero-order valence-corrected chi connectivity index (χ0v) is 9.63. The summed E-state index contributed by atoms with van der Waals surface area (Å²) in [6.07, 6.45) is -0.620. The molecule has 0 spiro atoms. The zero-order chi connectivity index (χ0) is 12.1. The molecule has 0 aliphatic carbocycles. The van der Waals surface area contributed by atoms with Crippen molar-refractivity contribution < 1.29 is 9.90 Å². The van der Waals surface area contributed by atoms with E-state index in [2.05, 4.69) is 0 Å². The smallest absolute Gasteiger partial charge is 0.231 e. The molecule has 0 aliphatic rings. The number of carbonyl (C=O) groups excluding carboxylic acids is 1. The third-order valence-electron chi connectivity index (χ3n) is 2.70. The first-order valence-corrected chi connectivity index (χ1v) is 5.24. The Morgan fingerprint density at radius 3 is 2.50 bits per heavy atom.